The largest absolute Gasteiger partial charge is 0.458 e. The van der Waals surface area contributed by atoms with Crippen LogP contribution in [0, 0.1) is 0 Å². The maximum atomic E-state index is 12.2. The number of benzene rings is 1. The SMILES string of the molecule is O=C(Cn1c(=O)oc2ccccc21)NCc1ccc(-c2cccs2)o1. The number of furan rings is 1. The molecular weight excluding hydrogens is 340 g/mol. The molecule has 1 N–H and O–H groups in total. The van der Waals surface area contributed by atoms with Gasteiger partial charge >= 0.3 is 5.76 Å². The molecule has 0 bridgehead atoms. The van der Waals surface area contributed by atoms with Gasteiger partial charge in [0.25, 0.3) is 0 Å². The number of para-hydroxylation sites is 2. The zero-order valence-corrected chi connectivity index (χ0v) is 13.9. The monoisotopic (exact) mass is 354 g/mol. The summed E-state index contributed by atoms with van der Waals surface area (Å²) in [7, 11) is 0. The summed E-state index contributed by atoms with van der Waals surface area (Å²) in [6, 6.07) is 14.6. The molecule has 0 saturated heterocycles. The number of nitrogens with zero attached hydrogens (tertiary/aromatic N) is 1. The lowest BCUT2D eigenvalue weighted by atomic mass is 10.3. The summed E-state index contributed by atoms with van der Waals surface area (Å²) >= 11 is 1.59. The van der Waals surface area contributed by atoms with Gasteiger partial charge in [-0.2, -0.15) is 0 Å². The van der Waals surface area contributed by atoms with Crippen LogP contribution in [-0.4, -0.2) is 10.5 Å². The molecule has 1 amide bonds. The van der Waals surface area contributed by atoms with Gasteiger partial charge in [0.05, 0.1) is 16.9 Å². The van der Waals surface area contributed by atoms with E-state index in [-0.39, 0.29) is 19.0 Å². The van der Waals surface area contributed by atoms with Gasteiger partial charge in [0, 0.05) is 0 Å². The summed E-state index contributed by atoms with van der Waals surface area (Å²) in [5, 5.41) is 4.74. The second-order valence-corrected chi connectivity index (χ2v) is 6.39. The Bertz CT molecular complexity index is 1070. The Hall–Kier alpha value is -3.06. The van der Waals surface area contributed by atoms with Gasteiger partial charge in [-0.3, -0.25) is 9.36 Å². The molecular formula is C18H14N2O4S. The van der Waals surface area contributed by atoms with Gasteiger partial charge < -0.3 is 14.2 Å². The number of oxazole rings is 1. The van der Waals surface area contributed by atoms with E-state index in [4.69, 9.17) is 8.83 Å². The number of hydrogen-bond acceptors (Lipinski definition) is 5. The number of nitrogens with one attached hydrogen (secondary N) is 1. The first kappa shape index (κ1) is 15.5. The molecule has 1 aromatic carbocycles. The second kappa shape index (κ2) is 6.45. The average molecular weight is 354 g/mol. The molecule has 6 nitrogen and oxygen atoms in total. The van der Waals surface area contributed by atoms with Crippen LogP contribution in [0.2, 0.25) is 0 Å². The van der Waals surface area contributed by atoms with Crippen LogP contribution in [-0.2, 0) is 17.9 Å². The van der Waals surface area contributed by atoms with Crippen LogP contribution >= 0.6 is 11.3 Å². The van der Waals surface area contributed by atoms with E-state index in [1.165, 1.54) is 4.57 Å². The van der Waals surface area contributed by atoms with Crippen molar-refractivity contribution in [1.82, 2.24) is 9.88 Å². The molecule has 0 aliphatic heterocycles. The highest BCUT2D eigenvalue weighted by Crippen LogP contribution is 2.26. The maximum absolute atomic E-state index is 12.2. The van der Waals surface area contributed by atoms with Crippen molar-refractivity contribution in [3.63, 3.8) is 0 Å². The van der Waals surface area contributed by atoms with Gasteiger partial charge in [-0.05, 0) is 35.7 Å². The Morgan fingerprint density at radius 2 is 1.96 bits per heavy atom. The van der Waals surface area contributed by atoms with Crippen molar-refractivity contribution in [2.24, 2.45) is 0 Å². The van der Waals surface area contributed by atoms with Gasteiger partial charge in [0.2, 0.25) is 5.91 Å². The van der Waals surface area contributed by atoms with E-state index in [1.54, 1.807) is 35.6 Å². The first-order valence-corrected chi connectivity index (χ1v) is 8.56. The Morgan fingerprint density at radius 1 is 1.08 bits per heavy atom. The summed E-state index contributed by atoms with van der Waals surface area (Å²) in [6.07, 6.45) is 0. The van der Waals surface area contributed by atoms with E-state index in [0.29, 0.717) is 16.9 Å². The van der Waals surface area contributed by atoms with Gasteiger partial charge in [-0.25, -0.2) is 4.79 Å². The summed E-state index contributed by atoms with van der Waals surface area (Å²) in [6.45, 7) is 0.156. The molecule has 0 fully saturated rings. The number of fused-ring (bicyclic) bond motifs is 1. The molecule has 0 unspecified atom stereocenters. The molecule has 0 aliphatic rings. The van der Waals surface area contributed by atoms with Crippen LogP contribution in [0.25, 0.3) is 21.7 Å². The topological polar surface area (TPSA) is 77.4 Å². The minimum absolute atomic E-state index is 0.103. The third kappa shape index (κ3) is 3.14. The van der Waals surface area contributed by atoms with Crippen molar-refractivity contribution in [1.29, 1.82) is 0 Å². The number of aromatic nitrogens is 1. The van der Waals surface area contributed by atoms with E-state index < -0.39 is 5.76 Å². The molecule has 7 heteroatoms. The fourth-order valence-electron chi connectivity index (χ4n) is 2.57. The van der Waals surface area contributed by atoms with Crippen molar-refractivity contribution >= 4 is 28.3 Å². The maximum Gasteiger partial charge on any atom is 0.420 e. The van der Waals surface area contributed by atoms with Crippen LogP contribution in [0.3, 0.4) is 0 Å². The quantitative estimate of drug-likeness (QED) is 0.597. The Kier molecular flexibility index (Phi) is 3.99. The van der Waals surface area contributed by atoms with Crippen LogP contribution < -0.4 is 11.1 Å². The molecule has 4 aromatic rings. The van der Waals surface area contributed by atoms with E-state index >= 15 is 0 Å². The number of rotatable bonds is 5. The highest BCUT2D eigenvalue weighted by Gasteiger charge is 2.13. The number of amides is 1. The van der Waals surface area contributed by atoms with E-state index in [0.717, 1.165) is 10.6 Å². The molecule has 25 heavy (non-hydrogen) atoms. The summed E-state index contributed by atoms with van der Waals surface area (Å²) in [4.78, 5) is 25.1. The van der Waals surface area contributed by atoms with Crippen molar-refractivity contribution in [2.75, 3.05) is 0 Å². The number of thiophene rings is 1. The molecule has 4 rings (SSSR count). The number of hydrogen-bond donors (Lipinski definition) is 1. The summed E-state index contributed by atoms with van der Waals surface area (Å²) in [5.74, 6) is 0.592. The lowest BCUT2D eigenvalue weighted by molar-refractivity contribution is -0.121. The fraction of sp³-hybridized carbons (Fsp3) is 0.111. The lowest BCUT2D eigenvalue weighted by Crippen LogP contribution is -2.30. The summed E-state index contributed by atoms with van der Waals surface area (Å²) < 4.78 is 12.1. The fourth-order valence-corrected chi connectivity index (χ4v) is 3.26. The Balaban J connectivity index is 1.42. The number of carbonyl (C=O) groups excluding carboxylic acids is 1. The van der Waals surface area contributed by atoms with Crippen LogP contribution in [0.1, 0.15) is 5.76 Å². The highest BCUT2D eigenvalue weighted by atomic mass is 32.1. The third-order valence-corrected chi connectivity index (χ3v) is 4.65. The first-order valence-electron chi connectivity index (χ1n) is 7.68. The average Bonchev–Trinajstić information content (AvgIpc) is 3.33. The highest BCUT2D eigenvalue weighted by molar-refractivity contribution is 7.13. The van der Waals surface area contributed by atoms with Crippen LogP contribution in [0.5, 0.6) is 0 Å². The standard InChI is InChI=1S/C18H14N2O4S/c21-17(11-20-13-4-1-2-5-14(13)24-18(20)22)19-10-12-7-8-15(23-12)16-6-3-9-25-16/h1-9H,10-11H2,(H,19,21). The summed E-state index contributed by atoms with van der Waals surface area (Å²) in [5.41, 5.74) is 1.06. The molecule has 0 radical (unpaired) electrons. The zero-order chi connectivity index (χ0) is 17.2. The molecule has 0 spiro atoms. The van der Waals surface area contributed by atoms with Crippen molar-refractivity contribution in [3.05, 3.63) is 70.2 Å². The van der Waals surface area contributed by atoms with Crippen molar-refractivity contribution in [3.8, 4) is 10.6 Å². The zero-order valence-electron chi connectivity index (χ0n) is 13.1. The molecule has 3 aromatic heterocycles. The predicted molar refractivity (Wildman–Crippen MR) is 94.3 cm³/mol. The third-order valence-electron chi connectivity index (χ3n) is 3.76. The van der Waals surface area contributed by atoms with E-state index in [2.05, 4.69) is 5.32 Å². The van der Waals surface area contributed by atoms with Crippen molar-refractivity contribution in [2.45, 2.75) is 13.1 Å². The number of carbonyl (C=O) groups is 1. The minimum atomic E-state index is -0.547. The van der Waals surface area contributed by atoms with Gasteiger partial charge in [-0.15, -0.1) is 11.3 Å². The first-order chi connectivity index (χ1) is 12.2. The predicted octanol–water partition coefficient (Wildman–Crippen LogP) is 3.23. The van der Waals surface area contributed by atoms with Gasteiger partial charge in [0.1, 0.15) is 18.1 Å². The molecule has 0 saturated carbocycles. The van der Waals surface area contributed by atoms with Gasteiger partial charge in [0.15, 0.2) is 5.58 Å². The van der Waals surface area contributed by atoms with Crippen LogP contribution in [0.15, 0.2) is 67.5 Å². The second-order valence-electron chi connectivity index (χ2n) is 5.44. The molecule has 126 valence electrons. The molecule has 0 atom stereocenters. The lowest BCUT2D eigenvalue weighted by Gasteiger charge is -2.04. The smallest absolute Gasteiger partial charge is 0.420 e. The Morgan fingerprint density at radius 3 is 2.80 bits per heavy atom. The van der Waals surface area contributed by atoms with Gasteiger partial charge in [-0.1, -0.05) is 18.2 Å². The Labute approximate surface area is 146 Å². The van der Waals surface area contributed by atoms with E-state index in [9.17, 15) is 9.59 Å². The van der Waals surface area contributed by atoms with Crippen LogP contribution in [0.4, 0.5) is 0 Å². The molecule has 3 heterocycles. The normalized spacial score (nSPS) is 11.0. The van der Waals surface area contributed by atoms with Crippen molar-refractivity contribution < 1.29 is 13.6 Å². The van der Waals surface area contributed by atoms with E-state index in [1.807, 2.05) is 29.6 Å². The minimum Gasteiger partial charge on any atom is -0.458 e. The molecule has 0 aliphatic carbocycles.